The third-order valence-corrected chi connectivity index (χ3v) is 3.00. The second-order valence-corrected chi connectivity index (χ2v) is 4.57. The number of ether oxygens (including phenoxy) is 2. The van der Waals surface area contributed by atoms with Crippen molar-refractivity contribution >= 4 is 0 Å². The van der Waals surface area contributed by atoms with Crippen molar-refractivity contribution in [3.05, 3.63) is 0 Å². The van der Waals surface area contributed by atoms with Crippen molar-refractivity contribution in [2.45, 2.75) is 58.1 Å². The third kappa shape index (κ3) is 5.83. The van der Waals surface area contributed by atoms with E-state index < -0.39 is 0 Å². The predicted octanol–water partition coefficient (Wildman–Crippen LogP) is 2.35. The van der Waals surface area contributed by atoms with Gasteiger partial charge in [0.2, 0.25) is 0 Å². The van der Waals surface area contributed by atoms with Crippen LogP contribution >= 0.6 is 0 Å². The molecule has 2 atom stereocenters. The van der Waals surface area contributed by atoms with Crippen molar-refractivity contribution in [3.8, 4) is 0 Å². The van der Waals surface area contributed by atoms with Crippen molar-refractivity contribution in [2.75, 3.05) is 26.4 Å². The van der Waals surface area contributed by atoms with E-state index in [1.54, 1.807) is 0 Å². The van der Waals surface area contributed by atoms with Crippen LogP contribution in [-0.2, 0) is 9.47 Å². The summed E-state index contributed by atoms with van der Waals surface area (Å²) in [6.07, 6.45) is 6.41. The van der Waals surface area contributed by atoms with Crippen LogP contribution in [0.2, 0.25) is 0 Å². The van der Waals surface area contributed by atoms with Gasteiger partial charge in [-0.25, -0.2) is 0 Å². The molecule has 0 aromatic rings. The van der Waals surface area contributed by atoms with E-state index in [4.69, 9.17) is 9.47 Å². The molecule has 0 aliphatic heterocycles. The second-order valence-electron chi connectivity index (χ2n) is 4.57. The molecule has 3 heteroatoms. The highest BCUT2D eigenvalue weighted by atomic mass is 16.5. The normalized spacial score (nSPS) is 25.1. The molecule has 0 bridgehead atoms. The molecule has 96 valence electrons. The Morgan fingerprint density at radius 1 is 1.06 bits per heavy atom. The van der Waals surface area contributed by atoms with E-state index in [9.17, 15) is 0 Å². The predicted molar refractivity (Wildman–Crippen MR) is 66.8 cm³/mol. The molecule has 1 aliphatic rings. The molecule has 0 saturated heterocycles. The number of nitrogens with one attached hydrogen (secondary N) is 1. The van der Waals surface area contributed by atoms with E-state index in [2.05, 4.69) is 19.2 Å². The molecule has 3 nitrogen and oxygen atoms in total. The van der Waals surface area contributed by atoms with Crippen LogP contribution < -0.4 is 5.32 Å². The van der Waals surface area contributed by atoms with Crippen LogP contribution in [0.4, 0.5) is 0 Å². The minimum atomic E-state index is 0.458. The van der Waals surface area contributed by atoms with Crippen LogP contribution in [0.25, 0.3) is 0 Å². The molecule has 0 heterocycles. The molecule has 0 radical (unpaired) electrons. The maximum atomic E-state index is 5.79. The van der Waals surface area contributed by atoms with E-state index in [1.807, 2.05) is 0 Å². The van der Waals surface area contributed by atoms with Crippen LogP contribution in [0.1, 0.15) is 46.0 Å². The minimum Gasteiger partial charge on any atom is -0.379 e. The fourth-order valence-corrected chi connectivity index (χ4v) is 2.15. The average Bonchev–Trinajstić information content (AvgIpc) is 2.74. The van der Waals surface area contributed by atoms with E-state index >= 15 is 0 Å². The Hall–Kier alpha value is -0.120. The Morgan fingerprint density at radius 3 is 2.69 bits per heavy atom. The highest BCUT2D eigenvalue weighted by molar-refractivity contribution is 4.80. The van der Waals surface area contributed by atoms with Gasteiger partial charge in [0.1, 0.15) is 0 Å². The van der Waals surface area contributed by atoms with Crippen molar-refractivity contribution < 1.29 is 9.47 Å². The summed E-state index contributed by atoms with van der Waals surface area (Å²) in [5.41, 5.74) is 0. The van der Waals surface area contributed by atoms with E-state index in [0.29, 0.717) is 12.1 Å². The molecule has 2 unspecified atom stereocenters. The molecular formula is C13H27NO2. The summed E-state index contributed by atoms with van der Waals surface area (Å²) in [7, 11) is 0. The molecule has 0 amide bonds. The van der Waals surface area contributed by atoms with E-state index in [0.717, 1.165) is 32.8 Å². The number of rotatable bonds is 9. The summed E-state index contributed by atoms with van der Waals surface area (Å²) >= 11 is 0. The summed E-state index contributed by atoms with van der Waals surface area (Å²) in [6.45, 7) is 7.83. The molecule has 0 spiro atoms. The van der Waals surface area contributed by atoms with Gasteiger partial charge < -0.3 is 14.8 Å². The van der Waals surface area contributed by atoms with E-state index in [1.165, 1.54) is 25.7 Å². The molecule has 16 heavy (non-hydrogen) atoms. The Morgan fingerprint density at radius 2 is 1.94 bits per heavy atom. The molecule has 1 aliphatic carbocycles. The van der Waals surface area contributed by atoms with Gasteiger partial charge in [0.05, 0.1) is 19.3 Å². The largest absolute Gasteiger partial charge is 0.379 e. The summed E-state index contributed by atoms with van der Waals surface area (Å²) in [5.74, 6) is 0. The van der Waals surface area contributed by atoms with Crippen LogP contribution in [0.5, 0.6) is 0 Å². The lowest BCUT2D eigenvalue weighted by Gasteiger charge is -2.13. The first-order chi connectivity index (χ1) is 7.86. The van der Waals surface area contributed by atoms with Crippen LogP contribution in [0.15, 0.2) is 0 Å². The first-order valence-corrected chi connectivity index (χ1v) is 6.79. The molecule has 1 rings (SSSR count). The molecule has 1 fully saturated rings. The third-order valence-electron chi connectivity index (χ3n) is 3.00. The van der Waals surface area contributed by atoms with Crippen LogP contribution in [0.3, 0.4) is 0 Å². The first-order valence-electron chi connectivity index (χ1n) is 6.79. The van der Waals surface area contributed by atoms with Gasteiger partial charge in [0, 0.05) is 12.6 Å². The Labute approximate surface area is 99.9 Å². The van der Waals surface area contributed by atoms with Crippen molar-refractivity contribution in [1.82, 2.24) is 5.32 Å². The van der Waals surface area contributed by atoms with Gasteiger partial charge in [-0.15, -0.1) is 0 Å². The summed E-state index contributed by atoms with van der Waals surface area (Å²) in [5, 5.41) is 3.56. The fourth-order valence-electron chi connectivity index (χ4n) is 2.15. The molecule has 1 saturated carbocycles. The zero-order valence-electron chi connectivity index (χ0n) is 10.8. The number of hydrogen-bond acceptors (Lipinski definition) is 3. The number of hydrogen-bond donors (Lipinski definition) is 1. The van der Waals surface area contributed by atoms with Gasteiger partial charge in [0.25, 0.3) is 0 Å². The summed E-state index contributed by atoms with van der Waals surface area (Å²) in [4.78, 5) is 0. The van der Waals surface area contributed by atoms with Gasteiger partial charge in [-0.2, -0.15) is 0 Å². The van der Waals surface area contributed by atoms with Crippen molar-refractivity contribution in [1.29, 1.82) is 0 Å². The van der Waals surface area contributed by atoms with Gasteiger partial charge in [-0.3, -0.25) is 0 Å². The highest BCUT2D eigenvalue weighted by Crippen LogP contribution is 2.21. The monoisotopic (exact) mass is 229 g/mol. The van der Waals surface area contributed by atoms with Crippen molar-refractivity contribution in [2.24, 2.45) is 0 Å². The van der Waals surface area contributed by atoms with Crippen LogP contribution in [0, 0.1) is 0 Å². The fraction of sp³-hybridized carbons (Fsp3) is 1.00. The topological polar surface area (TPSA) is 30.5 Å². The summed E-state index contributed by atoms with van der Waals surface area (Å²) < 4.78 is 11.2. The molecular weight excluding hydrogens is 202 g/mol. The maximum Gasteiger partial charge on any atom is 0.0704 e. The lowest BCUT2D eigenvalue weighted by Crippen LogP contribution is -2.28. The van der Waals surface area contributed by atoms with Gasteiger partial charge >= 0.3 is 0 Å². The zero-order valence-corrected chi connectivity index (χ0v) is 10.8. The van der Waals surface area contributed by atoms with E-state index in [-0.39, 0.29) is 0 Å². The summed E-state index contributed by atoms with van der Waals surface area (Å²) in [6, 6.07) is 0.682. The average molecular weight is 229 g/mol. The lowest BCUT2D eigenvalue weighted by molar-refractivity contribution is 0.00722. The SMILES string of the molecule is CCCNC1CCC(OCCOCCC)C1. The molecule has 0 aromatic carbocycles. The Bertz CT molecular complexity index is 164. The quantitative estimate of drug-likeness (QED) is 0.616. The van der Waals surface area contributed by atoms with Crippen molar-refractivity contribution in [3.63, 3.8) is 0 Å². The van der Waals surface area contributed by atoms with Gasteiger partial charge in [-0.1, -0.05) is 13.8 Å². The standard InChI is InChI=1S/C13H27NO2/c1-3-7-14-12-5-6-13(11-12)16-10-9-15-8-4-2/h12-14H,3-11H2,1-2H3. The smallest absolute Gasteiger partial charge is 0.0704 e. The second kappa shape index (κ2) is 8.97. The Balaban J connectivity index is 1.94. The molecule has 1 N–H and O–H groups in total. The maximum absolute atomic E-state index is 5.79. The molecule has 0 aromatic heterocycles. The van der Waals surface area contributed by atoms with Gasteiger partial charge in [0.15, 0.2) is 0 Å². The lowest BCUT2D eigenvalue weighted by atomic mass is 10.2. The first kappa shape index (κ1) is 13.9. The van der Waals surface area contributed by atoms with Gasteiger partial charge in [-0.05, 0) is 38.6 Å². The zero-order chi connectivity index (χ0) is 11.6. The van der Waals surface area contributed by atoms with Crippen LogP contribution in [-0.4, -0.2) is 38.5 Å². The minimum absolute atomic E-state index is 0.458. The Kier molecular flexibility index (Phi) is 7.81. The highest BCUT2D eigenvalue weighted by Gasteiger charge is 2.24.